The summed E-state index contributed by atoms with van der Waals surface area (Å²) in [7, 11) is -3.08. The first kappa shape index (κ1) is 20.2. The topological polar surface area (TPSA) is 63.2 Å². The third-order valence-corrected chi connectivity index (χ3v) is 5.13. The minimum absolute atomic E-state index is 0.0224. The van der Waals surface area contributed by atoms with Crippen molar-refractivity contribution in [3.63, 3.8) is 0 Å². The second kappa shape index (κ2) is 7.62. The predicted molar refractivity (Wildman–Crippen MR) is 106 cm³/mol. The molecule has 0 fully saturated rings. The number of benzene rings is 2. The fraction of sp³-hybridized carbons (Fsp3) is 0.381. The quantitative estimate of drug-likeness (QED) is 0.861. The molecule has 0 saturated heterocycles. The Hall–Kier alpha value is -2.14. The van der Waals surface area contributed by atoms with E-state index < -0.39 is 9.84 Å². The summed E-state index contributed by atoms with van der Waals surface area (Å²) in [5.41, 5.74) is 3.58. The molecule has 0 aliphatic carbocycles. The number of carbonyl (C=O) groups is 1. The lowest BCUT2D eigenvalue weighted by molar-refractivity contribution is 0.0940. The molecule has 0 saturated carbocycles. The number of hydrogen-bond acceptors (Lipinski definition) is 3. The molecule has 26 heavy (non-hydrogen) atoms. The van der Waals surface area contributed by atoms with Crippen molar-refractivity contribution in [2.24, 2.45) is 0 Å². The summed E-state index contributed by atoms with van der Waals surface area (Å²) < 4.78 is 22.7. The van der Waals surface area contributed by atoms with Gasteiger partial charge in [-0.15, -0.1) is 0 Å². The largest absolute Gasteiger partial charge is 0.346 e. The molecule has 2 aromatic carbocycles. The average molecular weight is 374 g/mol. The molecule has 2 aromatic rings. The SMILES string of the molecule is CC(NC(=O)c1ccc(CS(C)(=O)=O)cc1)c1ccc(C(C)(C)C)cc1. The average Bonchev–Trinajstić information content (AvgIpc) is 2.53. The lowest BCUT2D eigenvalue weighted by Gasteiger charge is -2.20. The summed E-state index contributed by atoms with van der Waals surface area (Å²) >= 11 is 0. The number of hydrogen-bond donors (Lipinski definition) is 1. The summed E-state index contributed by atoms with van der Waals surface area (Å²) in [6, 6.07) is 14.8. The molecule has 0 aliphatic rings. The van der Waals surface area contributed by atoms with E-state index in [1.54, 1.807) is 24.3 Å². The fourth-order valence-electron chi connectivity index (χ4n) is 2.69. The Morgan fingerprint density at radius 1 is 1.00 bits per heavy atom. The zero-order valence-corrected chi connectivity index (χ0v) is 16.9. The molecule has 1 atom stereocenters. The Morgan fingerprint density at radius 3 is 2.00 bits per heavy atom. The number of rotatable bonds is 5. The van der Waals surface area contributed by atoms with Gasteiger partial charge in [-0.2, -0.15) is 0 Å². The van der Waals surface area contributed by atoms with E-state index in [-0.39, 0.29) is 23.1 Å². The molecule has 4 nitrogen and oxygen atoms in total. The molecule has 0 aliphatic heterocycles. The van der Waals surface area contributed by atoms with Crippen LogP contribution in [0, 0.1) is 0 Å². The summed E-state index contributed by atoms with van der Waals surface area (Å²) in [5, 5.41) is 2.98. The highest BCUT2D eigenvalue weighted by atomic mass is 32.2. The Labute approximate surface area is 156 Å². The van der Waals surface area contributed by atoms with Crippen LogP contribution in [0.25, 0.3) is 0 Å². The second-order valence-electron chi connectivity index (χ2n) is 7.83. The summed E-state index contributed by atoms with van der Waals surface area (Å²) in [6.45, 7) is 8.45. The zero-order valence-electron chi connectivity index (χ0n) is 16.0. The van der Waals surface area contributed by atoms with Crippen LogP contribution in [-0.2, 0) is 21.0 Å². The molecule has 1 N–H and O–H groups in total. The van der Waals surface area contributed by atoms with Gasteiger partial charge in [-0.1, -0.05) is 57.2 Å². The minimum Gasteiger partial charge on any atom is -0.346 e. The monoisotopic (exact) mass is 373 g/mol. The molecule has 0 aromatic heterocycles. The van der Waals surface area contributed by atoms with E-state index in [0.717, 1.165) is 5.56 Å². The van der Waals surface area contributed by atoms with Gasteiger partial charge < -0.3 is 5.32 Å². The van der Waals surface area contributed by atoms with E-state index in [0.29, 0.717) is 11.1 Å². The molecule has 0 heterocycles. The normalized spacial score (nSPS) is 13.3. The number of sulfone groups is 1. The van der Waals surface area contributed by atoms with Crippen LogP contribution >= 0.6 is 0 Å². The van der Waals surface area contributed by atoms with E-state index in [1.807, 2.05) is 19.1 Å². The molecule has 1 unspecified atom stereocenters. The van der Waals surface area contributed by atoms with Crippen molar-refractivity contribution < 1.29 is 13.2 Å². The Morgan fingerprint density at radius 2 is 1.54 bits per heavy atom. The van der Waals surface area contributed by atoms with Gasteiger partial charge >= 0.3 is 0 Å². The van der Waals surface area contributed by atoms with Crippen molar-refractivity contribution in [3.8, 4) is 0 Å². The number of nitrogens with one attached hydrogen (secondary N) is 1. The highest BCUT2D eigenvalue weighted by molar-refractivity contribution is 7.89. The molecule has 1 amide bonds. The van der Waals surface area contributed by atoms with Gasteiger partial charge in [0.1, 0.15) is 0 Å². The molecule has 0 bridgehead atoms. The van der Waals surface area contributed by atoms with Crippen LogP contribution < -0.4 is 5.32 Å². The second-order valence-corrected chi connectivity index (χ2v) is 9.97. The van der Waals surface area contributed by atoms with Crippen LogP contribution in [-0.4, -0.2) is 20.6 Å². The van der Waals surface area contributed by atoms with Crippen LogP contribution in [0.15, 0.2) is 48.5 Å². The first-order chi connectivity index (χ1) is 12.0. The van der Waals surface area contributed by atoms with Crippen molar-refractivity contribution in [2.45, 2.75) is 44.9 Å². The van der Waals surface area contributed by atoms with Crippen LogP contribution in [0.2, 0.25) is 0 Å². The van der Waals surface area contributed by atoms with Gasteiger partial charge in [0.05, 0.1) is 11.8 Å². The molecule has 140 valence electrons. The minimum atomic E-state index is -3.08. The molecule has 0 spiro atoms. The maximum Gasteiger partial charge on any atom is 0.251 e. The summed E-state index contributed by atoms with van der Waals surface area (Å²) in [6.07, 6.45) is 1.19. The summed E-state index contributed by atoms with van der Waals surface area (Å²) in [4.78, 5) is 12.4. The van der Waals surface area contributed by atoms with Gasteiger partial charge in [0.25, 0.3) is 5.91 Å². The molecular formula is C21H27NO3S. The molecule has 2 rings (SSSR count). The van der Waals surface area contributed by atoms with Crippen LogP contribution in [0.5, 0.6) is 0 Å². The predicted octanol–water partition coefficient (Wildman–Crippen LogP) is 4.02. The zero-order chi connectivity index (χ0) is 19.5. The van der Waals surface area contributed by atoms with Crippen molar-refractivity contribution >= 4 is 15.7 Å². The Balaban J connectivity index is 2.04. The maximum atomic E-state index is 12.4. The van der Waals surface area contributed by atoms with E-state index in [9.17, 15) is 13.2 Å². The standard InChI is InChI=1S/C21H27NO3S/c1-15(17-10-12-19(13-11-17)21(2,3)4)22-20(23)18-8-6-16(7-9-18)14-26(5,24)25/h6-13,15H,14H2,1-5H3,(H,22,23). The smallest absolute Gasteiger partial charge is 0.251 e. The van der Waals surface area contributed by atoms with Gasteiger partial charge in [0.2, 0.25) is 0 Å². The van der Waals surface area contributed by atoms with Crippen molar-refractivity contribution in [1.29, 1.82) is 0 Å². The van der Waals surface area contributed by atoms with Gasteiger partial charge in [0, 0.05) is 11.8 Å². The molecule has 0 radical (unpaired) electrons. The fourth-order valence-corrected chi connectivity index (χ4v) is 3.49. The van der Waals surface area contributed by atoms with Crippen molar-refractivity contribution in [1.82, 2.24) is 5.32 Å². The van der Waals surface area contributed by atoms with Gasteiger partial charge in [-0.05, 0) is 41.2 Å². The lowest BCUT2D eigenvalue weighted by atomic mass is 9.86. The molecular weight excluding hydrogens is 346 g/mol. The molecule has 5 heteroatoms. The van der Waals surface area contributed by atoms with E-state index in [4.69, 9.17) is 0 Å². The van der Waals surface area contributed by atoms with Crippen LogP contribution in [0.3, 0.4) is 0 Å². The number of carbonyl (C=O) groups excluding carboxylic acids is 1. The Kier molecular flexibility index (Phi) is 5.91. The number of amides is 1. The van der Waals surface area contributed by atoms with Gasteiger partial charge in [0.15, 0.2) is 9.84 Å². The van der Waals surface area contributed by atoms with E-state index in [1.165, 1.54) is 11.8 Å². The van der Waals surface area contributed by atoms with E-state index >= 15 is 0 Å². The first-order valence-electron chi connectivity index (χ1n) is 8.64. The first-order valence-corrected chi connectivity index (χ1v) is 10.7. The van der Waals surface area contributed by atoms with Crippen molar-refractivity contribution in [3.05, 3.63) is 70.8 Å². The lowest BCUT2D eigenvalue weighted by Crippen LogP contribution is -2.26. The Bertz CT molecular complexity index is 861. The highest BCUT2D eigenvalue weighted by Gasteiger charge is 2.15. The highest BCUT2D eigenvalue weighted by Crippen LogP contribution is 2.24. The third kappa shape index (κ3) is 5.70. The summed E-state index contributed by atoms with van der Waals surface area (Å²) in [5.74, 6) is -0.200. The van der Waals surface area contributed by atoms with Crippen LogP contribution in [0.1, 0.15) is 60.8 Å². The van der Waals surface area contributed by atoms with Crippen molar-refractivity contribution in [2.75, 3.05) is 6.26 Å². The van der Waals surface area contributed by atoms with Gasteiger partial charge in [-0.25, -0.2) is 8.42 Å². The maximum absolute atomic E-state index is 12.4. The van der Waals surface area contributed by atoms with Gasteiger partial charge in [-0.3, -0.25) is 4.79 Å². The van der Waals surface area contributed by atoms with E-state index in [2.05, 4.69) is 38.2 Å². The van der Waals surface area contributed by atoms with Crippen LogP contribution in [0.4, 0.5) is 0 Å². The third-order valence-electron chi connectivity index (χ3n) is 4.27.